The van der Waals surface area contributed by atoms with Gasteiger partial charge in [-0.3, -0.25) is 9.59 Å². The maximum atomic E-state index is 12.7. The van der Waals surface area contributed by atoms with Gasteiger partial charge in [0.2, 0.25) is 6.79 Å². The van der Waals surface area contributed by atoms with E-state index >= 15 is 0 Å². The maximum Gasteiger partial charge on any atom is 0.262 e. The fraction of sp³-hybridized carbons (Fsp3) is 0.214. The molecule has 1 unspecified atom stereocenters. The quantitative estimate of drug-likeness (QED) is 0.342. The van der Waals surface area contributed by atoms with E-state index in [0.717, 1.165) is 11.1 Å². The van der Waals surface area contributed by atoms with Gasteiger partial charge in [-0.1, -0.05) is 32.0 Å². The van der Waals surface area contributed by atoms with Crippen molar-refractivity contribution in [2.75, 3.05) is 6.79 Å². The summed E-state index contributed by atoms with van der Waals surface area (Å²) in [6.45, 7) is 4.06. The van der Waals surface area contributed by atoms with Crippen LogP contribution in [-0.4, -0.2) is 30.9 Å². The molecule has 0 spiro atoms. The number of fused-ring (bicyclic) bond motifs is 1. The van der Waals surface area contributed by atoms with E-state index in [1.807, 2.05) is 32.0 Å². The summed E-state index contributed by atoms with van der Waals surface area (Å²) in [7, 11) is 0. The molecular formula is C28H26N4O5. The van der Waals surface area contributed by atoms with Gasteiger partial charge in [-0.2, -0.15) is 10.4 Å². The second kappa shape index (κ2) is 11.7. The second-order valence-electron chi connectivity index (χ2n) is 8.62. The highest BCUT2D eigenvalue weighted by Gasteiger charge is 2.25. The zero-order chi connectivity index (χ0) is 26.2. The summed E-state index contributed by atoms with van der Waals surface area (Å²) < 4.78 is 16.3. The third-order valence-electron chi connectivity index (χ3n) is 5.67. The first kappa shape index (κ1) is 25.3. The molecule has 0 saturated carbocycles. The van der Waals surface area contributed by atoms with Gasteiger partial charge in [-0.25, -0.2) is 5.43 Å². The predicted octanol–water partition coefficient (Wildman–Crippen LogP) is 3.77. The highest BCUT2D eigenvalue weighted by Crippen LogP contribution is 2.32. The Balaban J connectivity index is 1.30. The van der Waals surface area contributed by atoms with E-state index in [1.165, 1.54) is 6.21 Å². The minimum absolute atomic E-state index is 0.113. The summed E-state index contributed by atoms with van der Waals surface area (Å²) in [6.07, 6.45) is 1.50. The van der Waals surface area contributed by atoms with Crippen molar-refractivity contribution in [1.29, 1.82) is 5.26 Å². The number of hydrazone groups is 1. The first-order chi connectivity index (χ1) is 17.9. The van der Waals surface area contributed by atoms with Crippen LogP contribution in [0.25, 0.3) is 0 Å². The van der Waals surface area contributed by atoms with Gasteiger partial charge in [-0.15, -0.1) is 0 Å². The van der Waals surface area contributed by atoms with Crippen LogP contribution >= 0.6 is 0 Å². The minimum atomic E-state index is -0.790. The van der Waals surface area contributed by atoms with Crippen LogP contribution in [0.4, 0.5) is 0 Å². The van der Waals surface area contributed by atoms with Gasteiger partial charge in [0.1, 0.15) is 18.4 Å². The van der Waals surface area contributed by atoms with Crippen LogP contribution in [0.1, 0.15) is 40.9 Å². The van der Waals surface area contributed by atoms with Gasteiger partial charge in [0.05, 0.1) is 17.8 Å². The molecule has 3 aromatic rings. The highest BCUT2D eigenvalue weighted by molar-refractivity contribution is 5.98. The number of nitrogens with one attached hydrogen (secondary N) is 2. The lowest BCUT2D eigenvalue weighted by Crippen LogP contribution is -2.48. The molecule has 0 aliphatic carbocycles. The number of ether oxygens (including phenoxy) is 3. The molecule has 3 aromatic carbocycles. The number of benzene rings is 3. The zero-order valence-electron chi connectivity index (χ0n) is 20.4. The fourth-order valence-corrected chi connectivity index (χ4v) is 3.60. The molecule has 0 fully saturated rings. The Bertz CT molecular complexity index is 1350. The normalized spacial score (nSPS) is 12.7. The molecule has 37 heavy (non-hydrogen) atoms. The van der Waals surface area contributed by atoms with Gasteiger partial charge < -0.3 is 19.5 Å². The summed E-state index contributed by atoms with van der Waals surface area (Å²) in [5.74, 6) is 0.704. The van der Waals surface area contributed by atoms with Crippen LogP contribution < -0.4 is 25.0 Å². The van der Waals surface area contributed by atoms with Crippen LogP contribution in [-0.2, 0) is 11.4 Å². The van der Waals surface area contributed by atoms with Gasteiger partial charge in [0.15, 0.2) is 11.5 Å². The molecule has 188 valence electrons. The number of nitrogens with zero attached hydrogens (tertiary/aromatic N) is 2. The van der Waals surface area contributed by atoms with Gasteiger partial charge in [-0.05, 0) is 60.0 Å². The third kappa shape index (κ3) is 6.44. The topological polar surface area (TPSA) is 122 Å². The summed E-state index contributed by atoms with van der Waals surface area (Å²) in [5.41, 5.74) is 4.99. The summed E-state index contributed by atoms with van der Waals surface area (Å²) in [4.78, 5) is 25.4. The Morgan fingerprint density at radius 1 is 1.08 bits per heavy atom. The van der Waals surface area contributed by atoms with Crippen molar-refractivity contribution in [3.8, 4) is 23.3 Å². The lowest BCUT2D eigenvalue weighted by Gasteiger charge is -2.20. The van der Waals surface area contributed by atoms with Gasteiger partial charge in [0.25, 0.3) is 11.8 Å². The molecule has 9 heteroatoms. The van der Waals surface area contributed by atoms with Crippen molar-refractivity contribution in [3.05, 3.63) is 89.0 Å². The average molecular weight is 499 g/mol. The summed E-state index contributed by atoms with van der Waals surface area (Å²) in [5, 5.41) is 16.0. The number of hydrogen-bond donors (Lipinski definition) is 2. The van der Waals surface area contributed by atoms with Gasteiger partial charge >= 0.3 is 0 Å². The molecule has 4 rings (SSSR count). The first-order valence-corrected chi connectivity index (χ1v) is 11.7. The molecule has 1 aliphatic heterocycles. The van der Waals surface area contributed by atoms with E-state index in [1.54, 1.807) is 48.5 Å². The standard InChI is InChI=1S/C28H26N4O5/c1-18(2)26(31-27(33)20-9-12-24-25(13-20)37-17-36-24)28(34)32-30-15-19-7-10-23(11-8-19)35-16-22-6-4-3-5-21(22)14-29/h3-13,15,18,26H,16-17H2,1-2H3,(H,31,33)(H,32,34). The van der Waals surface area contributed by atoms with Crippen LogP contribution in [0.3, 0.4) is 0 Å². The van der Waals surface area contributed by atoms with Gasteiger partial charge in [0, 0.05) is 11.1 Å². The van der Waals surface area contributed by atoms with Crippen LogP contribution in [0.15, 0.2) is 71.8 Å². The number of carbonyl (C=O) groups excluding carboxylic acids is 2. The zero-order valence-corrected chi connectivity index (χ0v) is 20.4. The smallest absolute Gasteiger partial charge is 0.262 e. The van der Waals surface area contributed by atoms with E-state index in [-0.39, 0.29) is 19.3 Å². The van der Waals surface area contributed by atoms with Crippen molar-refractivity contribution in [1.82, 2.24) is 10.7 Å². The summed E-state index contributed by atoms with van der Waals surface area (Å²) in [6, 6.07) is 20.6. The molecule has 0 radical (unpaired) electrons. The Labute approximate surface area is 214 Å². The Kier molecular flexibility index (Phi) is 8.01. The minimum Gasteiger partial charge on any atom is -0.489 e. The lowest BCUT2D eigenvalue weighted by atomic mass is 10.0. The van der Waals surface area contributed by atoms with Crippen molar-refractivity contribution < 1.29 is 23.8 Å². The van der Waals surface area contributed by atoms with E-state index in [9.17, 15) is 14.9 Å². The van der Waals surface area contributed by atoms with E-state index in [2.05, 4.69) is 21.9 Å². The second-order valence-corrected chi connectivity index (χ2v) is 8.62. The predicted molar refractivity (Wildman–Crippen MR) is 136 cm³/mol. The number of amides is 2. The molecule has 9 nitrogen and oxygen atoms in total. The summed E-state index contributed by atoms with van der Waals surface area (Å²) >= 11 is 0. The van der Waals surface area contributed by atoms with Crippen molar-refractivity contribution in [2.45, 2.75) is 26.5 Å². The molecule has 1 atom stereocenters. The molecule has 2 amide bonds. The Morgan fingerprint density at radius 2 is 1.84 bits per heavy atom. The lowest BCUT2D eigenvalue weighted by molar-refractivity contribution is -0.123. The molecule has 0 aromatic heterocycles. The fourth-order valence-electron chi connectivity index (χ4n) is 3.60. The molecule has 1 aliphatic rings. The average Bonchev–Trinajstić information content (AvgIpc) is 3.39. The maximum absolute atomic E-state index is 12.7. The third-order valence-corrected chi connectivity index (χ3v) is 5.67. The Morgan fingerprint density at radius 3 is 2.59 bits per heavy atom. The molecule has 0 bridgehead atoms. The number of carbonyl (C=O) groups is 2. The first-order valence-electron chi connectivity index (χ1n) is 11.7. The SMILES string of the molecule is CC(C)C(NC(=O)c1ccc2c(c1)OCO2)C(=O)NN=Cc1ccc(OCc2ccccc2C#N)cc1. The highest BCUT2D eigenvalue weighted by atomic mass is 16.7. The monoisotopic (exact) mass is 498 g/mol. The van der Waals surface area contributed by atoms with Crippen molar-refractivity contribution in [2.24, 2.45) is 11.0 Å². The molecule has 2 N–H and O–H groups in total. The van der Waals surface area contributed by atoms with Crippen LogP contribution in [0.5, 0.6) is 17.2 Å². The van der Waals surface area contributed by atoms with Crippen LogP contribution in [0, 0.1) is 17.2 Å². The van der Waals surface area contributed by atoms with E-state index in [4.69, 9.17) is 14.2 Å². The van der Waals surface area contributed by atoms with Crippen LogP contribution in [0.2, 0.25) is 0 Å². The molecular weight excluding hydrogens is 472 g/mol. The largest absolute Gasteiger partial charge is 0.489 e. The molecule has 0 saturated heterocycles. The van der Waals surface area contributed by atoms with E-state index < -0.39 is 17.9 Å². The molecule has 1 heterocycles. The number of hydrogen-bond acceptors (Lipinski definition) is 7. The number of nitriles is 1. The van der Waals surface area contributed by atoms with Crippen molar-refractivity contribution in [3.63, 3.8) is 0 Å². The van der Waals surface area contributed by atoms with E-state index in [0.29, 0.717) is 28.4 Å². The number of rotatable bonds is 9. The Hall–Kier alpha value is -4.84. The van der Waals surface area contributed by atoms with Crippen molar-refractivity contribution >= 4 is 18.0 Å².